The topological polar surface area (TPSA) is 56.0 Å². The molecule has 1 atom stereocenters. The van der Waals surface area contributed by atoms with Crippen molar-refractivity contribution < 1.29 is 9.32 Å². The third kappa shape index (κ3) is 2.75. The van der Waals surface area contributed by atoms with E-state index in [4.69, 9.17) is 16.1 Å². The van der Waals surface area contributed by atoms with Gasteiger partial charge in [0.05, 0.1) is 5.92 Å². The maximum absolute atomic E-state index is 11.9. The maximum atomic E-state index is 11.9. The minimum atomic E-state index is -0.212. The minimum Gasteiger partial charge on any atom is -0.339 e. The quantitative estimate of drug-likeness (QED) is 0.867. The Bertz CT molecular complexity index is 624. The molecule has 1 unspecified atom stereocenters. The third-order valence-electron chi connectivity index (χ3n) is 3.64. The predicted molar refractivity (Wildman–Crippen MR) is 74.8 cm³/mol. The Balaban J connectivity index is 1.77. The van der Waals surface area contributed by atoms with Gasteiger partial charge in [-0.1, -0.05) is 41.4 Å². The molecule has 2 aromatic rings. The highest BCUT2D eigenvalue weighted by Crippen LogP contribution is 2.29. The van der Waals surface area contributed by atoms with Gasteiger partial charge in [-0.05, 0) is 24.5 Å². The average Bonchev–Trinajstić information content (AvgIpc) is 2.90. The van der Waals surface area contributed by atoms with E-state index in [0.29, 0.717) is 29.6 Å². The van der Waals surface area contributed by atoms with E-state index in [9.17, 15) is 4.79 Å². The van der Waals surface area contributed by atoms with E-state index < -0.39 is 0 Å². The van der Waals surface area contributed by atoms with Crippen LogP contribution in [0.2, 0.25) is 5.02 Å². The van der Waals surface area contributed by atoms with Crippen LogP contribution in [0.15, 0.2) is 28.8 Å². The summed E-state index contributed by atoms with van der Waals surface area (Å²) in [4.78, 5) is 16.2. The molecule has 1 heterocycles. The standard InChI is InChI=1S/C15H15ClN2O2/c16-12-7-3-1-5-10(12)9-14-17-15(20-18-14)11-6-2-4-8-13(11)19/h1,3,5,7,11H,2,4,6,8-9H2. The van der Waals surface area contributed by atoms with Gasteiger partial charge in [-0.2, -0.15) is 4.98 Å². The Morgan fingerprint density at radius 1 is 1.30 bits per heavy atom. The second kappa shape index (κ2) is 5.75. The number of nitrogens with zero attached hydrogens (tertiary/aromatic N) is 2. The summed E-state index contributed by atoms with van der Waals surface area (Å²) in [5.74, 6) is 1.03. The molecule has 0 bridgehead atoms. The minimum absolute atomic E-state index is 0.212. The Kier molecular flexibility index (Phi) is 3.83. The van der Waals surface area contributed by atoms with Gasteiger partial charge in [-0.25, -0.2) is 0 Å². The molecule has 1 aromatic carbocycles. The molecule has 0 amide bonds. The van der Waals surface area contributed by atoms with Crippen LogP contribution < -0.4 is 0 Å². The van der Waals surface area contributed by atoms with Crippen LogP contribution in [0.25, 0.3) is 0 Å². The Hall–Kier alpha value is -1.68. The lowest BCUT2D eigenvalue weighted by Gasteiger charge is -2.16. The number of carbonyl (C=O) groups is 1. The molecule has 1 aromatic heterocycles. The molecular formula is C15H15ClN2O2. The number of ketones is 1. The van der Waals surface area contributed by atoms with Gasteiger partial charge < -0.3 is 4.52 Å². The first-order valence-corrected chi connectivity index (χ1v) is 7.20. The zero-order chi connectivity index (χ0) is 13.9. The van der Waals surface area contributed by atoms with Crippen LogP contribution in [0.3, 0.4) is 0 Å². The molecule has 0 saturated heterocycles. The van der Waals surface area contributed by atoms with Gasteiger partial charge in [0.15, 0.2) is 5.82 Å². The number of rotatable bonds is 3. The molecule has 1 saturated carbocycles. The van der Waals surface area contributed by atoms with Crippen molar-refractivity contribution in [3.05, 3.63) is 46.6 Å². The number of aromatic nitrogens is 2. The molecule has 0 spiro atoms. The summed E-state index contributed by atoms with van der Waals surface area (Å²) in [6, 6.07) is 7.58. The van der Waals surface area contributed by atoms with E-state index in [1.165, 1.54) is 0 Å². The van der Waals surface area contributed by atoms with E-state index in [1.54, 1.807) is 0 Å². The molecule has 104 valence electrons. The number of hydrogen-bond acceptors (Lipinski definition) is 4. The van der Waals surface area contributed by atoms with Crippen LogP contribution in [-0.4, -0.2) is 15.9 Å². The van der Waals surface area contributed by atoms with E-state index in [0.717, 1.165) is 24.8 Å². The van der Waals surface area contributed by atoms with Crippen molar-refractivity contribution in [1.29, 1.82) is 0 Å². The Morgan fingerprint density at radius 3 is 2.95 bits per heavy atom. The van der Waals surface area contributed by atoms with Crippen molar-refractivity contribution in [3.63, 3.8) is 0 Å². The summed E-state index contributed by atoms with van der Waals surface area (Å²) in [5.41, 5.74) is 0.955. The first kappa shape index (κ1) is 13.3. The summed E-state index contributed by atoms with van der Waals surface area (Å²) < 4.78 is 5.26. The first-order chi connectivity index (χ1) is 9.74. The lowest BCUT2D eigenvalue weighted by molar-refractivity contribution is -0.122. The molecule has 5 heteroatoms. The van der Waals surface area contributed by atoms with Gasteiger partial charge in [-0.15, -0.1) is 0 Å². The van der Waals surface area contributed by atoms with Gasteiger partial charge in [0.1, 0.15) is 5.78 Å². The number of carbonyl (C=O) groups excluding carboxylic acids is 1. The van der Waals surface area contributed by atoms with Gasteiger partial charge in [-0.3, -0.25) is 4.79 Å². The van der Waals surface area contributed by atoms with Crippen molar-refractivity contribution in [3.8, 4) is 0 Å². The summed E-state index contributed by atoms with van der Waals surface area (Å²) in [6.45, 7) is 0. The second-order valence-corrected chi connectivity index (χ2v) is 5.49. The first-order valence-electron chi connectivity index (χ1n) is 6.82. The second-order valence-electron chi connectivity index (χ2n) is 5.08. The summed E-state index contributed by atoms with van der Waals surface area (Å²) in [7, 11) is 0. The Labute approximate surface area is 122 Å². The highest BCUT2D eigenvalue weighted by molar-refractivity contribution is 6.31. The molecule has 0 radical (unpaired) electrons. The number of halogens is 1. The number of Topliss-reactive ketones (excluding diaryl/α,β-unsaturated/α-hetero) is 1. The normalized spacial score (nSPS) is 19.2. The zero-order valence-corrected chi connectivity index (χ0v) is 11.8. The zero-order valence-electron chi connectivity index (χ0n) is 11.0. The fraction of sp³-hybridized carbons (Fsp3) is 0.400. The van der Waals surface area contributed by atoms with Crippen LogP contribution in [0.4, 0.5) is 0 Å². The summed E-state index contributed by atoms with van der Waals surface area (Å²) >= 11 is 6.11. The van der Waals surface area contributed by atoms with E-state index >= 15 is 0 Å². The molecule has 1 aliphatic carbocycles. The average molecular weight is 291 g/mol. The molecule has 4 nitrogen and oxygen atoms in total. The highest BCUT2D eigenvalue weighted by Gasteiger charge is 2.28. The van der Waals surface area contributed by atoms with Gasteiger partial charge >= 0.3 is 0 Å². The van der Waals surface area contributed by atoms with Gasteiger partial charge in [0.2, 0.25) is 5.89 Å². The SMILES string of the molecule is O=C1CCCCC1c1nc(Cc2ccccc2Cl)no1. The van der Waals surface area contributed by atoms with E-state index in [1.807, 2.05) is 24.3 Å². The molecule has 1 fully saturated rings. The maximum Gasteiger partial charge on any atom is 0.237 e. The fourth-order valence-electron chi connectivity index (χ4n) is 2.54. The third-order valence-corrected chi connectivity index (χ3v) is 4.01. The van der Waals surface area contributed by atoms with E-state index in [2.05, 4.69) is 10.1 Å². The molecule has 3 rings (SSSR count). The van der Waals surface area contributed by atoms with E-state index in [-0.39, 0.29) is 11.7 Å². The van der Waals surface area contributed by atoms with Crippen LogP contribution in [0, 0.1) is 0 Å². The summed E-state index contributed by atoms with van der Waals surface area (Å²) in [5, 5.41) is 4.65. The fourth-order valence-corrected chi connectivity index (χ4v) is 2.74. The van der Waals surface area contributed by atoms with Gasteiger partial charge in [0.25, 0.3) is 0 Å². The largest absolute Gasteiger partial charge is 0.339 e. The molecule has 20 heavy (non-hydrogen) atoms. The van der Waals surface area contributed by atoms with Crippen LogP contribution in [0.1, 0.15) is 48.9 Å². The molecule has 0 N–H and O–H groups in total. The van der Waals surface area contributed by atoms with Gasteiger partial charge in [0, 0.05) is 17.9 Å². The van der Waals surface area contributed by atoms with Crippen molar-refractivity contribution in [2.45, 2.75) is 38.0 Å². The number of hydrogen-bond donors (Lipinski definition) is 0. The lowest BCUT2D eigenvalue weighted by Crippen LogP contribution is -2.17. The van der Waals surface area contributed by atoms with Crippen molar-refractivity contribution in [1.82, 2.24) is 10.1 Å². The van der Waals surface area contributed by atoms with Crippen molar-refractivity contribution in [2.75, 3.05) is 0 Å². The summed E-state index contributed by atoms with van der Waals surface area (Å²) in [6.07, 6.45) is 3.96. The Morgan fingerprint density at radius 2 is 2.15 bits per heavy atom. The van der Waals surface area contributed by atoms with Crippen LogP contribution in [0.5, 0.6) is 0 Å². The van der Waals surface area contributed by atoms with Crippen LogP contribution >= 0.6 is 11.6 Å². The smallest absolute Gasteiger partial charge is 0.237 e. The van der Waals surface area contributed by atoms with Crippen LogP contribution in [-0.2, 0) is 11.2 Å². The molecule has 1 aliphatic rings. The van der Waals surface area contributed by atoms with Crippen molar-refractivity contribution in [2.24, 2.45) is 0 Å². The monoisotopic (exact) mass is 290 g/mol. The molecule has 0 aliphatic heterocycles. The number of benzene rings is 1. The highest BCUT2D eigenvalue weighted by atomic mass is 35.5. The molecular weight excluding hydrogens is 276 g/mol. The predicted octanol–water partition coefficient (Wildman–Crippen LogP) is 3.54. The van der Waals surface area contributed by atoms with Crippen molar-refractivity contribution >= 4 is 17.4 Å². The lowest BCUT2D eigenvalue weighted by atomic mass is 9.88.